The van der Waals surface area contributed by atoms with Crippen molar-refractivity contribution in [2.75, 3.05) is 0 Å². The third-order valence-electron chi connectivity index (χ3n) is 3.39. The van der Waals surface area contributed by atoms with Crippen LogP contribution in [0.1, 0.15) is 0 Å². The normalized spacial score (nSPS) is 10.7. The van der Waals surface area contributed by atoms with Crippen LogP contribution in [0.15, 0.2) is 65.6 Å². The standard InChI is InChI=1S/C17H13NO3/c19-16(20)11-18-9-8-13-6-7-14(10-15(13)17(18)21)12-4-2-1-3-5-12/h1-10H,11H2,(H,19,20). The molecule has 0 atom stereocenters. The van der Waals surface area contributed by atoms with E-state index < -0.39 is 5.97 Å². The molecule has 0 spiro atoms. The molecule has 1 N–H and O–H groups in total. The maximum Gasteiger partial charge on any atom is 0.323 e. The van der Waals surface area contributed by atoms with Gasteiger partial charge in [0.15, 0.2) is 0 Å². The summed E-state index contributed by atoms with van der Waals surface area (Å²) in [6.07, 6.45) is 1.51. The van der Waals surface area contributed by atoms with E-state index in [2.05, 4.69) is 0 Å². The molecule has 104 valence electrons. The van der Waals surface area contributed by atoms with Crippen LogP contribution in [0.25, 0.3) is 21.9 Å². The van der Waals surface area contributed by atoms with Crippen molar-refractivity contribution in [1.29, 1.82) is 0 Å². The zero-order valence-corrected chi connectivity index (χ0v) is 11.2. The predicted molar refractivity (Wildman–Crippen MR) is 81.3 cm³/mol. The molecule has 0 bridgehead atoms. The molecule has 0 saturated carbocycles. The van der Waals surface area contributed by atoms with E-state index >= 15 is 0 Å². The molecular weight excluding hydrogens is 266 g/mol. The average Bonchev–Trinajstić information content (AvgIpc) is 2.50. The number of nitrogens with zero attached hydrogens (tertiary/aromatic N) is 1. The Hall–Kier alpha value is -2.88. The first kappa shape index (κ1) is 13.1. The summed E-state index contributed by atoms with van der Waals surface area (Å²) in [5.41, 5.74) is 1.67. The molecular formula is C17H13NO3. The molecule has 3 aromatic rings. The van der Waals surface area contributed by atoms with Gasteiger partial charge in [-0.15, -0.1) is 0 Å². The maximum atomic E-state index is 12.3. The van der Waals surface area contributed by atoms with E-state index in [9.17, 15) is 9.59 Å². The van der Waals surface area contributed by atoms with Gasteiger partial charge in [-0.1, -0.05) is 42.5 Å². The number of benzene rings is 2. The topological polar surface area (TPSA) is 59.3 Å². The van der Waals surface area contributed by atoms with Crippen LogP contribution >= 0.6 is 0 Å². The minimum absolute atomic E-state index is 0.285. The van der Waals surface area contributed by atoms with E-state index in [0.717, 1.165) is 16.5 Å². The number of aromatic nitrogens is 1. The molecule has 1 heterocycles. The van der Waals surface area contributed by atoms with Crippen molar-refractivity contribution < 1.29 is 9.90 Å². The molecule has 0 saturated heterocycles. The summed E-state index contributed by atoms with van der Waals surface area (Å²) in [5, 5.41) is 10.2. The number of hydrogen-bond acceptors (Lipinski definition) is 2. The highest BCUT2D eigenvalue weighted by molar-refractivity contribution is 5.86. The Morgan fingerprint density at radius 2 is 1.76 bits per heavy atom. The first-order valence-corrected chi connectivity index (χ1v) is 6.55. The van der Waals surface area contributed by atoms with E-state index in [-0.39, 0.29) is 12.1 Å². The molecule has 0 aliphatic rings. The summed E-state index contributed by atoms with van der Waals surface area (Å²) in [5.74, 6) is -1.03. The van der Waals surface area contributed by atoms with E-state index in [1.54, 1.807) is 6.07 Å². The second-order valence-electron chi connectivity index (χ2n) is 4.81. The van der Waals surface area contributed by atoms with Crippen LogP contribution in [0.5, 0.6) is 0 Å². The van der Waals surface area contributed by atoms with Crippen LogP contribution in [0.3, 0.4) is 0 Å². The Kier molecular flexibility index (Phi) is 3.28. The van der Waals surface area contributed by atoms with Gasteiger partial charge in [0, 0.05) is 11.6 Å². The Morgan fingerprint density at radius 3 is 2.48 bits per heavy atom. The summed E-state index contributed by atoms with van der Waals surface area (Å²) < 4.78 is 1.21. The van der Waals surface area contributed by atoms with Crippen LogP contribution in [-0.2, 0) is 11.3 Å². The van der Waals surface area contributed by atoms with Crippen LogP contribution in [0.2, 0.25) is 0 Å². The van der Waals surface area contributed by atoms with E-state index in [4.69, 9.17) is 5.11 Å². The molecule has 3 rings (SSSR count). The van der Waals surface area contributed by atoms with E-state index in [1.165, 1.54) is 10.8 Å². The highest BCUT2D eigenvalue weighted by Gasteiger charge is 2.07. The number of fused-ring (bicyclic) bond motifs is 1. The van der Waals surface area contributed by atoms with Crippen LogP contribution in [0.4, 0.5) is 0 Å². The Balaban J connectivity index is 2.18. The van der Waals surface area contributed by atoms with Gasteiger partial charge in [-0.25, -0.2) is 0 Å². The number of carboxylic acid groups (broad SMARTS) is 1. The summed E-state index contributed by atoms with van der Waals surface area (Å²) in [6, 6.07) is 17.2. The molecule has 0 aliphatic heterocycles. The second kappa shape index (κ2) is 5.25. The lowest BCUT2D eigenvalue weighted by Gasteiger charge is -2.07. The summed E-state index contributed by atoms with van der Waals surface area (Å²) in [6.45, 7) is -0.329. The Bertz CT molecular complexity index is 866. The number of rotatable bonds is 3. The average molecular weight is 279 g/mol. The van der Waals surface area contributed by atoms with Crippen molar-refractivity contribution >= 4 is 16.7 Å². The minimum atomic E-state index is -1.03. The lowest BCUT2D eigenvalue weighted by Crippen LogP contribution is -2.23. The van der Waals surface area contributed by atoms with Gasteiger partial charge in [0.05, 0.1) is 0 Å². The van der Waals surface area contributed by atoms with Crippen molar-refractivity contribution in [2.24, 2.45) is 0 Å². The largest absolute Gasteiger partial charge is 0.480 e. The van der Waals surface area contributed by atoms with E-state index in [0.29, 0.717) is 5.39 Å². The fraction of sp³-hybridized carbons (Fsp3) is 0.0588. The molecule has 21 heavy (non-hydrogen) atoms. The maximum absolute atomic E-state index is 12.3. The van der Waals surface area contributed by atoms with Crippen molar-refractivity contribution in [3.05, 3.63) is 71.1 Å². The van der Waals surface area contributed by atoms with Crippen molar-refractivity contribution in [3.63, 3.8) is 0 Å². The number of carbonyl (C=O) groups is 1. The van der Waals surface area contributed by atoms with Crippen LogP contribution in [0, 0.1) is 0 Å². The number of carboxylic acids is 1. The van der Waals surface area contributed by atoms with Gasteiger partial charge >= 0.3 is 5.97 Å². The zero-order chi connectivity index (χ0) is 14.8. The SMILES string of the molecule is O=C(O)Cn1ccc2ccc(-c3ccccc3)cc2c1=O. The van der Waals surface area contributed by atoms with Gasteiger partial charge in [-0.3, -0.25) is 9.59 Å². The fourth-order valence-electron chi connectivity index (χ4n) is 2.36. The lowest BCUT2D eigenvalue weighted by molar-refractivity contribution is -0.137. The Labute approximate surface area is 120 Å². The molecule has 1 aromatic heterocycles. The fourth-order valence-corrected chi connectivity index (χ4v) is 2.36. The predicted octanol–water partition coefficient (Wildman–Crippen LogP) is 2.75. The van der Waals surface area contributed by atoms with Crippen molar-refractivity contribution in [3.8, 4) is 11.1 Å². The quantitative estimate of drug-likeness (QED) is 0.802. The molecule has 0 unspecified atom stereocenters. The molecule has 4 heteroatoms. The van der Waals surface area contributed by atoms with E-state index in [1.807, 2.05) is 48.5 Å². The van der Waals surface area contributed by atoms with Crippen molar-refractivity contribution in [1.82, 2.24) is 4.57 Å². The number of aliphatic carboxylic acids is 1. The third-order valence-corrected chi connectivity index (χ3v) is 3.39. The molecule has 0 radical (unpaired) electrons. The zero-order valence-electron chi connectivity index (χ0n) is 11.2. The smallest absolute Gasteiger partial charge is 0.323 e. The first-order valence-electron chi connectivity index (χ1n) is 6.55. The van der Waals surface area contributed by atoms with Gasteiger partial charge in [-0.05, 0) is 28.6 Å². The molecule has 2 aromatic carbocycles. The lowest BCUT2D eigenvalue weighted by atomic mass is 10.0. The summed E-state index contributed by atoms with van der Waals surface area (Å²) >= 11 is 0. The Morgan fingerprint density at radius 1 is 1.00 bits per heavy atom. The van der Waals surface area contributed by atoms with Gasteiger partial charge < -0.3 is 9.67 Å². The first-order chi connectivity index (χ1) is 10.1. The van der Waals surface area contributed by atoms with Gasteiger partial charge in [-0.2, -0.15) is 0 Å². The highest BCUT2D eigenvalue weighted by Crippen LogP contribution is 2.22. The third kappa shape index (κ3) is 2.56. The van der Waals surface area contributed by atoms with Crippen LogP contribution < -0.4 is 5.56 Å². The van der Waals surface area contributed by atoms with Gasteiger partial charge in [0.2, 0.25) is 0 Å². The molecule has 0 aliphatic carbocycles. The van der Waals surface area contributed by atoms with Crippen LogP contribution in [-0.4, -0.2) is 15.6 Å². The summed E-state index contributed by atoms with van der Waals surface area (Å²) in [4.78, 5) is 23.1. The highest BCUT2D eigenvalue weighted by atomic mass is 16.4. The molecule has 4 nitrogen and oxygen atoms in total. The van der Waals surface area contributed by atoms with Crippen molar-refractivity contribution in [2.45, 2.75) is 6.54 Å². The van der Waals surface area contributed by atoms with Gasteiger partial charge in [0.25, 0.3) is 5.56 Å². The number of hydrogen-bond donors (Lipinski definition) is 1. The second-order valence-corrected chi connectivity index (χ2v) is 4.81. The monoisotopic (exact) mass is 279 g/mol. The molecule has 0 fully saturated rings. The molecule has 0 amide bonds. The summed E-state index contributed by atoms with van der Waals surface area (Å²) in [7, 11) is 0. The minimum Gasteiger partial charge on any atom is -0.480 e. The number of pyridine rings is 1. The van der Waals surface area contributed by atoms with Gasteiger partial charge in [0.1, 0.15) is 6.54 Å².